The summed E-state index contributed by atoms with van der Waals surface area (Å²) in [7, 11) is 1.47. The first-order valence-electron chi connectivity index (χ1n) is 5.00. The number of benzene rings is 1. The number of nitro benzene ring substituents is 1. The van der Waals surface area contributed by atoms with Crippen LogP contribution in [0.2, 0.25) is 0 Å². The molecular weight excluding hydrogens is 254 g/mol. The smallest absolute Gasteiger partial charge is 0.270 e. The summed E-state index contributed by atoms with van der Waals surface area (Å²) in [5, 5.41) is 10.7. The Balaban J connectivity index is 2.62. The quantitative estimate of drug-likeness (QED) is 0.523. The minimum Gasteiger partial charge on any atom is -0.491 e. The number of nitrogens with zero attached hydrogens (tertiary/aromatic N) is 2. The lowest BCUT2D eigenvalue weighted by Crippen LogP contribution is -1.95. The molecule has 2 rings (SSSR count). The van der Waals surface area contributed by atoms with E-state index in [1.54, 1.807) is 12.1 Å². The Morgan fingerprint density at radius 1 is 1.50 bits per heavy atom. The monoisotopic (exact) mass is 263 g/mol. The number of methoxy groups -OCH3 is 1. The summed E-state index contributed by atoms with van der Waals surface area (Å²) in [4.78, 5) is 17.1. The molecule has 1 aromatic carbocycles. The van der Waals surface area contributed by atoms with Gasteiger partial charge in [-0.05, 0) is 0 Å². The van der Waals surface area contributed by atoms with Gasteiger partial charge in [-0.1, -0.05) is 24.4 Å². The molecule has 0 bridgehead atoms. The second-order valence-electron chi connectivity index (χ2n) is 3.42. The maximum atomic E-state index is 10.7. The molecule has 1 N–H and O–H groups in total. The molecule has 0 spiro atoms. The summed E-state index contributed by atoms with van der Waals surface area (Å²) in [6.07, 6.45) is 1.43. The zero-order chi connectivity index (χ0) is 13.1. The van der Waals surface area contributed by atoms with E-state index in [1.165, 1.54) is 25.6 Å². The molecular formula is C11H9N3O3S. The van der Waals surface area contributed by atoms with E-state index < -0.39 is 4.92 Å². The minimum absolute atomic E-state index is 0.00526. The van der Waals surface area contributed by atoms with Gasteiger partial charge in [0.05, 0.1) is 24.1 Å². The fourth-order valence-corrected chi connectivity index (χ4v) is 1.80. The molecule has 0 aliphatic heterocycles. The molecule has 0 aliphatic carbocycles. The van der Waals surface area contributed by atoms with Gasteiger partial charge in [0.2, 0.25) is 0 Å². The standard InChI is InChI=1S/C11H9N3O3S/c1-17-10-9(12-6-13-11(10)18)7-3-2-4-8(5-7)14(15)16/h2-6H,1H3,(H,12,13,18). The van der Waals surface area contributed by atoms with Crippen LogP contribution < -0.4 is 4.74 Å². The molecule has 18 heavy (non-hydrogen) atoms. The van der Waals surface area contributed by atoms with Gasteiger partial charge in [-0.2, -0.15) is 0 Å². The highest BCUT2D eigenvalue weighted by molar-refractivity contribution is 7.71. The number of hydrogen-bond acceptors (Lipinski definition) is 5. The number of aromatic amines is 1. The third-order valence-corrected chi connectivity index (χ3v) is 2.65. The average molecular weight is 263 g/mol. The highest BCUT2D eigenvalue weighted by Gasteiger charge is 2.12. The predicted octanol–water partition coefficient (Wildman–Crippen LogP) is 2.72. The molecule has 0 aliphatic rings. The SMILES string of the molecule is COc1c(-c2cccc([N+](=O)[O-])c2)[nH]cnc1=S. The van der Waals surface area contributed by atoms with Gasteiger partial charge in [0, 0.05) is 17.7 Å². The maximum Gasteiger partial charge on any atom is 0.270 e. The van der Waals surface area contributed by atoms with E-state index in [0.29, 0.717) is 21.6 Å². The number of nitrogens with one attached hydrogen (secondary N) is 1. The number of rotatable bonds is 3. The van der Waals surface area contributed by atoms with Gasteiger partial charge in [-0.25, -0.2) is 4.98 Å². The molecule has 2 aromatic rings. The van der Waals surface area contributed by atoms with Gasteiger partial charge in [-0.3, -0.25) is 10.1 Å². The maximum absolute atomic E-state index is 10.7. The molecule has 0 atom stereocenters. The summed E-state index contributed by atoms with van der Waals surface area (Å²) < 4.78 is 5.47. The fraction of sp³-hybridized carbons (Fsp3) is 0.0909. The Morgan fingerprint density at radius 2 is 2.28 bits per heavy atom. The van der Waals surface area contributed by atoms with Crippen LogP contribution in [-0.4, -0.2) is 22.0 Å². The van der Waals surface area contributed by atoms with Gasteiger partial charge in [0.25, 0.3) is 5.69 Å². The average Bonchev–Trinajstić information content (AvgIpc) is 2.38. The second kappa shape index (κ2) is 4.92. The van der Waals surface area contributed by atoms with Crippen molar-refractivity contribution in [3.05, 3.63) is 45.3 Å². The lowest BCUT2D eigenvalue weighted by atomic mass is 10.1. The Labute approximate surface area is 107 Å². The molecule has 7 heteroatoms. The van der Waals surface area contributed by atoms with E-state index in [1.807, 2.05) is 0 Å². The Bertz CT molecular complexity index is 654. The van der Waals surface area contributed by atoms with Gasteiger partial charge in [0.1, 0.15) is 0 Å². The van der Waals surface area contributed by atoms with Crippen molar-refractivity contribution in [2.45, 2.75) is 0 Å². The minimum atomic E-state index is -0.453. The van der Waals surface area contributed by atoms with Crippen molar-refractivity contribution in [3.63, 3.8) is 0 Å². The first kappa shape index (κ1) is 12.2. The highest BCUT2D eigenvalue weighted by atomic mass is 32.1. The predicted molar refractivity (Wildman–Crippen MR) is 68.1 cm³/mol. The zero-order valence-electron chi connectivity index (χ0n) is 9.41. The summed E-state index contributed by atoms with van der Waals surface area (Å²) in [6.45, 7) is 0. The van der Waals surface area contributed by atoms with Gasteiger partial charge in [-0.15, -0.1) is 0 Å². The molecule has 0 unspecified atom stereocenters. The third kappa shape index (κ3) is 2.21. The number of aromatic nitrogens is 2. The van der Waals surface area contributed by atoms with Crippen molar-refractivity contribution in [1.29, 1.82) is 0 Å². The van der Waals surface area contributed by atoms with E-state index in [9.17, 15) is 10.1 Å². The number of ether oxygens (including phenoxy) is 1. The molecule has 0 amide bonds. The summed E-state index contributed by atoms with van der Waals surface area (Å²) in [5.41, 5.74) is 1.20. The van der Waals surface area contributed by atoms with Gasteiger partial charge in [0.15, 0.2) is 10.4 Å². The van der Waals surface area contributed by atoms with Crippen LogP contribution >= 0.6 is 12.2 Å². The molecule has 1 heterocycles. The zero-order valence-corrected chi connectivity index (χ0v) is 10.2. The van der Waals surface area contributed by atoms with Crippen molar-refractivity contribution < 1.29 is 9.66 Å². The van der Waals surface area contributed by atoms with Crippen molar-refractivity contribution >= 4 is 17.9 Å². The largest absolute Gasteiger partial charge is 0.491 e. The number of H-pyrrole nitrogens is 1. The summed E-state index contributed by atoms with van der Waals surface area (Å²) >= 11 is 5.03. The van der Waals surface area contributed by atoms with Crippen LogP contribution in [-0.2, 0) is 0 Å². The first-order valence-corrected chi connectivity index (χ1v) is 5.41. The van der Waals surface area contributed by atoms with Crippen LogP contribution in [0.5, 0.6) is 5.75 Å². The Hall–Kier alpha value is -2.28. The Morgan fingerprint density at radius 3 is 2.94 bits per heavy atom. The lowest BCUT2D eigenvalue weighted by Gasteiger charge is -2.07. The van der Waals surface area contributed by atoms with Gasteiger partial charge < -0.3 is 9.72 Å². The van der Waals surface area contributed by atoms with Crippen LogP contribution in [0.1, 0.15) is 0 Å². The molecule has 1 aromatic heterocycles. The van der Waals surface area contributed by atoms with Crippen LogP contribution in [0.4, 0.5) is 5.69 Å². The van der Waals surface area contributed by atoms with Crippen LogP contribution in [0.3, 0.4) is 0 Å². The van der Waals surface area contributed by atoms with Crippen LogP contribution in [0.15, 0.2) is 30.6 Å². The molecule has 0 fully saturated rings. The lowest BCUT2D eigenvalue weighted by molar-refractivity contribution is -0.384. The normalized spacial score (nSPS) is 10.1. The molecule has 0 saturated carbocycles. The van der Waals surface area contributed by atoms with Crippen LogP contribution in [0.25, 0.3) is 11.3 Å². The van der Waals surface area contributed by atoms with Crippen molar-refractivity contribution in [2.75, 3.05) is 7.11 Å². The van der Waals surface area contributed by atoms with Crippen molar-refractivity contribution in [2.24, 2.45) is 0 Å². The third-order valence-electron chi connectivity index (χ3n) is 2.36. The van der Waals surface area contributed by atoms with Crippen molar-refractivity contribution in [3.8, 4) is 17.0 Å². The van der Waals surface area contributed by atoms with E-state index in [-0.39, 0.29) is 5.69 Å². The topological polar surface area (TPSA) is 81.0 Å². The first-order chi connectivity index (χ1) is 8.63. The molecule has 0 saturated heterocycles. The van der Waals surface area contributed by atoms with E-state index >= 15 is 0 Å². The highest BCUT2D eigenvalue weighted by Crippen LogP contribution is 2.29. The van der Waals surface area contributed by atoms with E-state index in [0.717, 1.165) is 0 Å². The summed E-state index contributed by atoms with van der Waals surface area (Å²) in [5.74, 6) is 0.396. The fourth-order valence-electron chi connectivity index (χ4n) is 1.57. The second-order valence-corrected chi connectivity index (χ2v) is 3.81. The number of non-ortho nitro benzene ring substituents is 1. The van der Waals surface area contributed by atoms with Crippen molar-refractivity contribution in [1.82, 2.24) is 9.97 Å². The molecule has 6 nitrogen and oxygen atoms in total. The number of hydrogen-bond donors (Lipinski definition) is 1. The van der Waals surface area contributed by atoms with E-state index in [4.69, 9.17) is 17.0 Å². The van der Waals surface area contributed by atoms with E-state index in [2.05, 4.69) is 9.97 Å². The number of nitro groups is 1. The Kier molecular flexibility index (Phi) is 3.33. The van der Waals surface area contributed by atoms with Gasteiger partial charge >= 0.3 is 0 Å². The molecule has 92 valence electrons. The molecule has 0 radical (unpaired) electrons. The summed E-state index contributed by atoms with van der Waals surface area (Å²) in [6, 6.07) is 6.20. The van der Waals surface area contributed by atoms with Crippen LogP contribution in [0, 0.1) is 14.8 Å².